The number of ether oxygens (including phenoxy) is 1. The average Bonchev–Trinajstić information content (AvgIpc) is 2.41. The van der Waals surface area contributed by atoms with Gasteiger partial charge in [-0.1, -0.05) is 24.3 Å². The summed E-state index contributed by atoms with van der Waals surface area (Å²) in [6.45, 7) is 0. The van der Waals surface area contributed by atoms with Crippen LogP contribution in [-0.2, 0) is 4.74 Å². The summed E-state index contributed by atoms with van der Waals surface area (Å²) in [7, 11) is 0. The van der Waals surface area contributed by atoms with Crippen LogP contribution in [0.4, 0.5) is 0 Å². The van der Waals surface area contributed by atoms with E-state index in [9.17, 15) is 0 Å². The Hall–Kier alpha value is -1.16. The molecule has 0 heterocycles. The summed E-state index contributed by atoms with van der Waals surface area (Å²) in [6, 6.07) is 0. The van der Waals surface area contributed by atoms with Crippen molar-refractivity contribution in [2.24, 2.45) is 0 Å². The van der Waals surface area contributed by atoms with E-state index in [1.807, 2.05) is 0 Å². The van der Waals surface area contributed by atoms with E-state index in [-0.39, 0.29) is 0 Å². The van der Waals surface area contributed by atoms with Gasteiger partial charge in [-0.25, -0.2) is 0 Å². The molecule has 0 aromatic rings. The van der Waals surface area contributed by atoms with Crippen LogP contribution in [0.5, 0.6) is 0 Å². The Morgan fingerprint density at radius 2 is 1.06 bits per heavy atom. The maximum atomic E-state index is 5.33. The van der Waals surface area contributed by atoms with Crippen molar-refractivity contribution in [2.45, 2.75) is 64.2 Å². The maximum Gasteiger partial charge on any atom is 0.133 e. The molecule has 0 spiro atoms. The van der Waals surface area contributed by atoms with Gasteiger partial charge in [0.1, 0.15) is 12.5 Å². The second-order valence-electron chi connectivity index (χ2n) is 4.99. The fourth-order valence-corrected chi connectivity index (χ4v) is 2.51. The molecule has 2 rings (SSSR count). The highest BCUT2D eigenvalue weighted by Crippen LogP contribution is 2.22. The van der Waals surface area contributed by atoms with Crippen LogP contribution in [-0.4, -0.2) is 0 Å². The first-order valence-electron chi connectivity index (χ1n) is 6.96. The molecule has 2 aliphatic carbocycles. The van der Waals surface area contributed by atoms with Crippen LogP contribution in [0, 0.1) is 0 Å². The Kier molecular flexibility index (Phi) is 5.23. The summed E-state index contributed by atoms with van der Waals surface area (Å²) < 4.78 is 5.33. The Bertz CT molecular complexity index is 311. The van der Waals surface area contributed by atoms with Crippen molar-refractivity contribution in [3.05, 3.63) is 35.1 Å². The SMILES string of the molecule is C(=COC=C=C1CCCCC1)=C1CCCCC1. The van der Waals surface area contributed by atoms with Crippen molar-refractivity contribution in [3.63, 3.8) is 0 Å². The number of hydrogen-bond donors (Lipinski definition) is 0. The van der Waals surface area contributed by atoms with E-state index in [1.54, 1.807) is 12.5 Å². The molecule has 17 heavy (non-hydrogen) atoms. The molecular weight excluding hydrogens is 208 g/mol. The molecule has 0 saturated heterocycles. The van der Waals surface area contributed by atoms with Crippen LogP contribution in [0.1, 0.15) is 64.2 Å². The standard InChI is InChI=1S/C16H22O/c1-3-7-15(8-4-1)11-13-17-14-12-16-9-5-2-6-10-16/h13-14H,1-10H2. The van der Waals surface area contributed by atoms with Crippen molar-refractivity contribution in [1.29, 1.82) is 0 Å². The first-order chi connectivity index (χ1) is 8.45. The van der Waals surface area contributed by atoms with Gasteiger partial charge in [-0.2, -0.15) is 0 Å². The lowest BCUT2D eigenvalue weighted by molar-refractivity contribution is 0.403. The summed E-state index contributed by atoms with van der Waals surface area (Å²) in [5.41, 5.74) is 9.32. The van der Waals surface area contributed by atoms with Crippen LogP contribution >= 0.6 is 0 Å². The van der Waals surface area contributed by atoms with Gasteiger partial charge in [-0.05, 0) is 62.5 Å². The third-order valence-electron chi connectivity index (χ3n) is 3.58. The van der Waals surface area contributed by atoms with Crippen molar-refractivity contribution in [3.8, 4) is 0 Å². The van der Waals surface area contributed by atoms with E-state index in [1.165, 1.54) is 75.4 Å². The quantitative estimate of drug-likeness (QED) is 0.478. The van der Waals surface area contributed by atoms with Crippen LogP contribution in [0.3, 0.4) is 0 Å². The van der Waals surface area contributed by atoms with E-state index in [0.29, 0.717) is 0 Å². The smallest absolute Gasteiger partial charge is 0.133 e. The molecule has 1 nitrogen and oxygen atoms in total. The zero-order valence-electron chi connectivity index (χ0n) is 10.6. The van der Waals surface area contributed by atoms with E-state index in [4.69, 9.17) is 4.74 Å². The molecule has 92 valence electrons. The second kappa shape index (κ2) is 7.22. The molecule has 2 fully saturated rings. The van der Waals surface area contributed by atoms with Gasteiger partial charge in [-0.3, -0.25) is 0 Å². The largest absolute Gasteiger partial charge is 0.456 e. The van der Waals surface area contributed by atoms with Gasteiger partial charge in [0.2, 0.25) is 0 Å². The highest BCUT2D eigenvalue weighted by atomic mass is 16.5. The van der Waals surface area contributed by atoms with Crippen molar-refractivity contribution in [2.75, 3.05) is 0 Å². The molecule has 0 aromatic carbocycles. The molecule has 0 unspecified atom stereocenters. The van der Waals surface area contributed by atoms with Crippen LogP contribution in [0.25, 0.3) is 0 Å². The van der Waals surface area contributed by atoms with Gasteiger partial charge in [-0.15, -0.1) is 0 Å². The lowest BCUT2D eigenvalue weighted by Gasteiger charge is -2.10. The van der Waals surface area contributed by atoms with Crippen molar-refractivity contribution >= 4 is 0 Å². The number of rotatable bonds is 2. The Balaban J connectivity index is 1.81. The molecular formula is C16H22O. The Labute approximate surface area is 105 Å². The normalized spacial score (nSPS) is 20.2. The monoisotopic (exact) mass is 230 g/mol. The molecule has 0 amide bonds. The minimum atomic E-state index is 1.20. The highest BCUT2D eigenvalue weighted by Gasteiger charge is 2.04. The summed E-state index contributed by atoms with van der Waals surface area (Å²) in [5.74, 6) is 0. The molecule has 0 radical (unpaired) electrons. The van der Waals surface area contributed by atoms with Gasteiger partial charge in [0.05, 0.1) is 0 Å². The summed E-state index contributed by atoms with van der Waals surface area (Å²) >= 11 is 0. The summed E-state index contributed by atoms with van der Waals surface area (Å²) in [6.07, 6.45) is 16.2. The first kappa shape index (κ1) is 12.3. The van der Waals surface area contributed by atoms with Gasteiger partial charge in [0.25, 0.3) is 0 Å². The van der Waals surface area contributed by atoms with Crippen LogP contribution < -0.4 is 0 Å². The third kappa shape index (κ3) is 4.69. The average molecular weight is 230 g/mol. The molecule has 0 N–H and O–H groups in total. The van der Waals surface area contributed by atoms with E-state index in [2.05, 4.69) is 11.5 Å². The highest BCUT2D eigenvalue weighted by molar-refractivity contribution is 5.04. The first-order valence-corrected chi connectivity index (χ1v) is 6.96. The fraction of sp³-hybridized carbons (Fsp3) is 0.625. The topological polar surface area (TPSA) is 9.23 Å². The van der Waals surface area contributed by atoms with Gasteiger partial charge in [0.15, 0.2) is 0 Å². The molecule has 0 atom stereocenters. The molecule has 2 aliphatic rings. The lowest BCUT2D eigenvalue weighted by atomic mass is 9.96. The minimum Gasteiger partial charge on any atom is -0.456 e. The van der Waals surface area contributed by atoms with Crippen LogP contribution in [0.2, 0.25) is 0 Å². The van der Waals surface area contributed by atoms with E-state index >= 15 is 0 Å². The van der Waals surface area contributed by atoms with Gasteiger partial charge < -0.3 is 4.74 Å². The van der Waals surface area contributed by atoms with Gasteiger partial charge in [0, 0.05) is 0 Å². The zero-order chi connectivity index (χ0) is 11.8. The van der Waals surface area contributed by atoms with Crippen molar-refractivity contribution in [1.82, 2.24) is 0 Å². The third-order valence-corrected chi connectivity index (χ3v) is 3.58. The predicted molar refractivity (Wildman–Crippen MR) is 70.4 cm³/mol. The molecule has 2 saturated carbocycles. The fourth-order valence-electron chi connectivity index (χ4n) is 2.51. The number of allylic oxidation sites excluding steroid dienone is 2. The molecule has 0 aliphatic heterocycles. The summed E-state index contributed by atoms with van der Waals surface area (Å²) in [5, 5.41) is 0. The van der Waals surface area contributed by atoms with E-state index in [0.717, 1.165) is 0 Å². The second-order valence-corrected chi connectivity index (χ2v) is 4.99. The Morgan fingerprint density at radius 3 is 1.47 bits per heavy atom. The predicted octanol–water partition coefficient (Wildman–Crippen LogP) is 5.01. The summed E-state index contributed by atoms with van der Waals surface area (Å²) in [4.78, 5) is 0. The number of hydrogen-bond acceptors (Lipinski definition) is 1. The lowest BCUT2D eigenvalue weighted by Crippen LogP contribution is -1.91. The van der Waals surface area contributed by atoms with E-state index < -0.39 is 0 Å². The van der Waals surface area contributed by atoms with Gasteiger partial charge >= 0.3 is 0 Å². The Morgan fingerprint density at radius 1 is 0.647 bits per heavy atom. The molecule has 0 aromatic heterocycles. The van der Waals surface area contributed by atoms with Crippen LogP contribution in [0.15, 0.2) is 35.1 Å². The van der Waals surface area contributed by atoms with Crippen molar-refractivity contribution < 1.29 is 4.74 Å². The zero-order valence-corrected chi connectivity index (χ0v) is 10.6. The maximum absolute atomic E-state index is 5.33. The molecule has 0 bridgehead atoms. The minimum absolute atomic E-state index is 1.20. The molecule has 1 heteroatoms.